The van der Waals surface area contributed by atoms with Crippen LogP contribution in [0.2, 0.25) is 0 Å². The molecular weight excluding hydrogens is 224 g/mol. The Kier molecular flexibility index (Phi) is 5.77. The largest absolute Gasteiger partial charge is 0.373 e. The third kappa shape index (κ3) is 5.39. The number of hydrogen-bond donors (Lipinski definition) is 2. The zero-order valence-corrected chi connectivity index (χ0v) is 11.2. The predicted octanol–water partition coefficient (Wildman–Crippen LogP) is 1.60. The van der Waals surface area contributed by atoms with Crippen molar-refractivity contribution in [1.29, 1.82) is 0 Å². The van der Waals surface area contributed by atoms with Crippen molar-refractivity contribution in [2.24, 2.45) is 10.7 Å². The van der Waals surface area contributed by atoms with Gasteiger partial charge in [0.05, 0.1) is 6.54 Å². The summed E-state index contributed by atoms with van der Waals surface area (Å²) in [5.74, 6) is 0.472. The molecule has 0 saturated heterocycles. The molecule has 98 valence electrons. The first-order chi connectivity index (χ1) is 8.59. The van der Waals surface area contributed by atoms with E-state index in [0.717, 1.165) is 18.7 Å². The first-order valence-corrected chi connectivity index (χ1v) is 6.04. The minimum absolute atomic E-state index is 0.472. The van der Waals surface area contributed by atoms with Gasteiger partial charge < -0.3 is 16.0 Å². The Morgan fingerprint density at radius 1 is 1.39 bits per heavy atom. The lowest BCUT2D eigenvalue weighted by atomic mass is 10.3. The third-order valence-electron chi connectivity index (χ3n) is 2.47. The highest BCUT2D eigenvalue weighted by Crippen LogP contribution is 2.09. The van der Waals surface area contributed by atoms with Crippen LogP contribution in [0.4, 0.5) is 5.69 Å². The van der Waals surface area contributed by atoms with E-state index in [1.165, 1.54) is 5.69 Å². The fourth-order valence-corrected chi connectivity index (χ4v) is 1.44. The van der Waals surface area contributed by atoms with Gasteiger partial charge >= 0.3 is 0 Å². The SMILES string of the molecule is C=C(C)CN=C(N)NCCN(C)c1ccccc1. The molecule has 0 heterocycles. The zero-order chi connectivity index (χ0) is 13.4. The van der Waals surface area contributed by atoms with E-state index in [0.29, 0.717) is 12.5 Å². The Bertz CT molecular complexity index is 398. The minimum Gasteiger partial charge on any atom is -0.373 e. The van der Waals surface area contributed by atoms with E-state index in [-0.39, 0.29) is 0 Å². The average molecular weight is 246 g/mol. The van der Waals surface area contributed by atoms with Crippen LogP contribution in [0.1, 0.15) is 6.92 Å². The molecule has 0 unspecified atom stereocenters. The predicted molar refractivity (Wildman–Crippen MR) is 79.0 cm³/mol. The Morgan fingerprint density at radius 2 is 2.06 bits per heavy atom. The van der Waals surface area contributed by atoms with Crippen molar-refractivity contribution < 1.29 is 0 Å². The molecule has 0 aliphatic rings. The van der Waals surface area contributed by atoms with Crippen LogP contribution in [0.5, 0.6) is 0 Å². The molecule has 0 aromatic heterocycles. The molecule has 0 spiro atoms. The first-order valence-electron chi connectivity index (χ1n) is 6.04. The van der Waals surface area contributed by atoms with Crippen molar-refractivity contribution in [1.82, 2.24) is 5.32 Å². The van der Waals surface area contributed by atoms with Crippen molar-refractivity contribution in [3.8, 4) is 0 Å². The van der Waals surface area contributed by atoms with E-state index in [2.05, 4.69) is 41.0 Å². The van der Waals surface area contributed by atoms with Crippen LogP contribution < -0.4 is 16.0 Å². The van der Waals surface area contributed by atoms with Gasteiger partial charge in [0, 0.05) is 25.8 Å². The summed E-state index contributed by atoms with van der Waals surface area (Å²) in [6, 6.07) is 10.2. The van der Waals surface area contributed by atoms with Crippen LogP contribution in [0, 0.1) is 0 Å². The molecule has 0 radical (unpaired) electrons. The second-order valence-corrected chi connectivity index (χ2v) is 4.34. The molecule has 0 fully saturated rings. The number of guanidine groups is 1. The summed E-state index contributed by atoms with van der Waals surface area (Å²) in [5.41, 5.74) is 7.92. The number of para-hydroxylation sites is 1. The normalized spacial score (nSPS) is 11.1. The van der Waals surface area contributed by atoms with E-state index in [9.17, 15) is 0 Å². The summed E-state index contributed by atoms with van der Waals surface area (Å²) < 4.78 is 0. The van der Waals surface area contributed by atoms with Crippen LogP contribution >= 0.6 is 0 Å². The summed E-state index contributed by atoms with van der Waals surface area (Å²) in [4.78, 5) is 6.32. The van der Waals surface area contributed by atoms with Crippen molar-refractivity contribution >= 4 is 11.6 Å². The number of benzene rings is 1. The van der Waals surface area contributed by atoms with Gasteiger partial charge in [-0.25, -0.2) is 4.99 Å². The van der Waals surface area contributed by atoms with Crippen molar-refractivity contribution in [3.05, 3.63) is 42.5 Å². The fourth-order valence-electron chi connectivity index (χ4n) is 1.44. The zero-order valence-electron chi connectivity index (χ0n) is 11.2. The van der Waals surface area contributed by atoms with Crippen LogP contribution in [-0.2, 0) is 0 Å². The van der Waals surface area contributed by atoms with E-state index < -0.39 is 0 Å². The van der Waals surface area contributed by atoms with Crippen molar-refractivity contribution in [2.75, 3.05) is 31.6 Å². The lowest BCUT2D eigenvalue weighted by Gasteiger charge is -2.19. The van der Waals surface area contributed by atoms with E-state index in [4.69, 9.17) is 5.73 Å². The fraction of sp³-hybridized carbons (Fsp3) is 0.357. The summed E-state index contributed by atoms with van der Waals surface area (Å²) in [6.45, 7) is 7.91. The average Bonchev–Trinajstić information content (AvgIpc) is 2.37. The Balaban J connectivity index is 2.29. The summed E-state index contributed by atoms with van der Waals surface area (Å²) in [7, 11) is 2.05. The van der Waals surface area contributed by atoms with Gasteiger partial charge in [0.2, 0.25) is 0 Å². The van der Waals surface area contributed by atoms with Gasteiger partial charge in [-0.1, -0.05) is 30.4 Å². The molecule has 1 rings (SSSR count). The van der Waals surface area contributed by atoms with Gasteiger partial charge in [0.15, 0.2) is 5.96 Å². The second-order valence-electron chi connectivity index (χ2n) is 4.34. The number of anilines is 1. The number of aliphatic imine (C=N–C) groups is 1. The molecule has 0 saturated carbocycles. The summed E-state index contributed by atoms with van der Waals surface area (Å²) >= 11 is 0. The Labute approximate surface area is 109 Å². The number of rotatable bonds is 6. The molecular formula is C14H22N4. The molecule has 0 amide bonds. The number of nitrogens with one attached hydrogen (secondary N) is 1. The highest BCUT2D eigenvalue weighted by Gasteiger charge is 1.99. The van der Waals surface area contributed by atoms with Gasteiger partial charge in [-0.05, 0) is 19.1 Å². The number of nitrogens with zero attached hydrogens (tertiary/aromatic N) is 2. The van der Waals surface area contributed by atoms with Gasteiger partial charge in [-0.15, -0.1) is 0 Å². The summed E-state index contributed by atoms with van der Waals surface area (Å²) in [5, 5.41) is 3.08. The maximum absolute atomic E-state index is 5.73. The molecule has 4 nitrogen and oxygen atoms in total. The molecule has 0 atom stereocenters. The van der Waals surface area contributed by atoms with Gasteiger partial charge in [0.1, 0.15) is 0 Å². The lowest BCUT2D eigenvalue weighted by molar-refractivity contribution is 0.814. The molecule has 0 bridgehead atoms. The molecule has 1 aromatic carbocycles. The van der Waals surface area contributed by atoms with Crippen molar-refractivity contribution in [2.45, 2.75) is 6.92 Å². The van der Waals surface area contributed by atoms with Gasteiger partial charge in [0.25, 0.3) is 0 Å². The highest BCUT2D eigenvalue weighted by molar-refractivity contribution is 5.77. The van der Waals surface area contributed by atoms with Crippen LogP contribution in [-0.4, -0.2) is 32.6 Å². The summed E-state index contributed by atoms with van der Waals surface area (Å²) in [6.07, 6.45) is 0. The number of hydrogen-bond acceptors (Lipinski definition) is 2. The number of nitrogens with two attached hydrogens (primary N) is 1. The topological polar surface area (TPSA) is 53.6 Å². The van der Waals surface area contributed by atoms with Crippen LogP contribution in [0.25, 0.3) is 0 Å². The number of likely N-dealkylation sites (N-methyl/N-ethyl adjacent to an activating group) is 1. The van der Waals surface area contributed by atoms with Crippen LogP contribution in [0.3, 0.4) is 0 Å². The second kappa shape index (κ2) is 7.37. The van der Waals surface area contributed by atoms with E-state index in [1.54, 1.807) is 0 Å². The molecule has 18 heavy (non-hydrogen) atoms. The molecule has 1 aromatic rings. The Hall–Kier alpha value is -1.97. The molecule has 4 heteroatoms. The standard InChI is InChI=1S/C14H22N4/c1-12(2)11-17-14(15)16-9-10-18(3)13-7-5-4-6-8-13/h4-8H,1,9-11H2,2-3H3,(H3,15,16,17). The molecule has 0 aliphatic carbocycles. The van der Waals surface area contributed by atoms with E-state index in [1.807, 2.05) is 25.1 Å². The monoisotopic (exact) mass is 246 g/mol. The highest BCUT2D eigenvalue weighted by atomic mass is 15.1. The quantitative estimate of drug-likeness (QED) is 0.455. The maximum atomic E-state index is 5.73. The third-order valence-corrected chi connectivity index (χ3v) is 2.47. The van der Waals surface area contributed by atoms with Crippen molar-refractivity contribution in [3.63, 3.8) is 0 Å². The Morgan fingerprint density at radius 3 is 2.67 bits per heavy atom. The van der Waals surface area contributed by atoms with Crippen LogP contribution in [0.15, 0.2) is 47.5 Å². The molecule has 3 N–H and O–H groups in total. The first kappa shape index (κ1) is 14.1. The maximum Gasteiger partial charge on any atom is 0.188 e. The lowest BCUT2D eigenvalue weighted by Crippen LogP contribution is -2.37. The van der Waals surface area contributed by atoms with E-state index >= 15 is 0 Å². The smallest absolute Gasteiger partial charge is 0.188 e. The molecule has 0 aliphatic heterocycles. The van der Waals surface area contributed by atoms with Gasteiger partial charge in [-0.2, -0.15) is 0 Å². The minimum atomic E-state index is 0.472. The van der Waals surface area contributed by atoms with Gasteiger partial charge in [-0.3, -0.25) is 0 Å².